The van der Waals surface area contributed by atoms with Gasteiger partial charge in [0.2, 0.25) is 5.91 Å². The number of carbonyl (C=O) groups is 1. The van der Waals surface area contributed by atoms with Crippen LogP contribution >= 0.6 is 15.9 Å². The monoisotopic (exact) mass is 283 g/mol. The minimum atomic E-state index is 0.0963. The zero-order chi connectivity index (χ0) is 12.0. The van der Waals surface area contributed by atoms with Crippen LogP contribution in [0, 0.1) is 6.92 Å². The molecule has 0 aliphatic rings. The lowest BCUT2D eigenvalue weighted by Crippen LogP contribution is -2.33. The van der Waals surface area contributed by atoms with Crippen molar-refractivity contribution in [2.75, 3.05) is 5.33 Å². The Morgan fingerprint density at radius 1 is 1.50 bits per heavy atom. The molecular formula is C13H18BrNO. The average molecular weight is 284 g/mol. The molecule has 88 valence electrons. The molecule has 0 aliphatic heterocycles. The molecule has 0 aliphatic carbocycles. The van der Waals surface area contributed by atoms with E-state index in [0.717, 1.165) is 17.3 Å². The first-order chi connectivity index (χ1) is 7.61. The van der Waals surface area contributed by atoms with Gasteiger partial charge in [-0.25, -0.2) is 0 Å². The van der Waals surface area contributed by atoms with Gasteiger partial charge in [-0.1, -0.05) is 45.8 Å². The number of amides is 1. The van der Waals surface area contributed by atoms with Crippen LogP contribution in [0.2, 0.25) is 0 Å². The van der Waals surface area contributed by atoms with Gasteiger partial charge in [0.25, 0.3) is 0 Å². The van der Waals surface area contributed by atoms with E-state index in [4.69, 9.17) is 0 Å². The molecule has 1 aromatic rings. The summed E-state index contributed by atoms with van der Waals surface area (Å²) < 4.78 is 0. The van der Waals surface area contributed by atoms with E-state index in [9.17, 15) is 4.79 Å². The highest BCUT2D eigenvalue weighted by atomic mass is 79.9. The summed E-state index contributed by atoms with van der Waals surface area (Å²) in [6.07, 6.45) is 1.42. The SMILES string of the molecule is Cc1cccc(CC(=O)NC(C)CCBr)c1. The van der Waals surface area contributed by atoms with Gasteiger partial charge >= 0.3 is 0 Å². The fourth-order valence-electron chi connectivity index (χ4n) is 1.57. The van der Waals surface area contributed by atoms with Gasteiger partial charge in [0, 0.05) is 11.4 Å². The van der Waals surface area contributed by atoms with E-state index in [1.807, 2.05) is 32.0 Å². The minimum Gasteiger partial charge on any atom is -0.353 e. The standard InChI is InChI=1S/C13H18BrNO/c1-10-4-3-5-12(8-10)9-13(16)15-11(2)6-7-14/h3-5,8,11H,6-7,9H2,1-2H3,(H,15,16). The van der Waals surface area contributed by atoms with Crippen LogP contribution in [0.5, 0.6) is 0 Å². The lowest BCUT2D eigenvalue weighted by Gasteiger charge is -2.12. The molecule has 1 rings (SSSR count). The van der Waals surface area contributed by atoms with E-state index in [0.29, 0.717) is 6.42 Å². The fraction of sp³-hybridized carbons (Fsp3) is 0.462. The molecule has 3 heteroatoms. The third-order valence-corrected chi connectivity index (χ3v) is 2.85. The van der Waals surface area contributed by atoms with E-state index >= 15 is 0 Å². The van der Waals surface area contributed by atoms with Crippen molar-refractivity contribution in [1.82, 2.24) is 5.32 Å². The Morgan fingerprint density at radius 3 is 2.88 bits per heavy atom. The van der Waals surface area contributed by atoms with Crippen molar-refractivity contribution in [1.29, 1.82) is 0 Å². The first-order valence-corrected chi connectivity index (χ1v) is 6.65. The summed E-state index contributed by atoms with van der Waals surface area (Å²) in [7, 11) is 0. The van der Waals surface area contributed by atoms with Crippen molar-refractivity contribution in [2.24, 2.45) is 0 Å². The van der Waals surface area contributed by atoms with E-state index < -0.39 is 0 Å². The number of alkyl halides is 1. The van der Waals surface area contributed by atoms with Crippen LogP contribution in [0.4, 0.5) is 0 Å². The number of aryl methyl sites for hydroxylation is 1. The van der Waals surface area contributed by atoms with E-state index in [-0.39, 0.29) is 11.9 Å². The Labute approximate surface area is 106 Å². The Balaban J connectivity index is 2.45. The number of carbonyl (C=O) groups excluding carboxylic acids is 1. The molecule has 0 spiro atoms. The molecule has 1 aromatic carbocycles. The highest BCUT2D eigenvalue weighted by molar-refractivity contribution is 9.09. The van der Waals surface area contributed by atoms with Crippen LogP contribution in [0.3, 0.4) is 0 Å². The van der Waals surface area contributed by atoms with Crippen LogP contribution in [0.15, 0.2) is 24.3 Å². The number of rotatable bonds is 5. The number of nitrogens with one attached hydrogen (secondary N) is 1. The number of benzene rings is 1. The predicted octanol–water partition coefficient (Wildman–Crippen LogP) is 2.83. The molecular weight excluding hydrogens is 266 g/mol. The molecule has 2 nitrogen and oxygen atoms in total. The van der Waals surface area contributed by atoms with Gasteiger partial charge in [-0.3, -0.25) is 4.79 Å². The summed E-state index contributed by atoms with van der Waals surface area (Å²) in [5.74, 6) is 0.0963. The molecule has 1 amide bonds. The Kier molecular flexibility index (Phi) is 5.53. The van der Waals surface area contributed by atoms with Gasteiger partial charge < -0.3 is 5.32 Å². The summed E-state index contributed by atoms with van der Waals surface area (Å²) in [4.78, 5) is 11.7. The van der Waals surface area contributed by atoms with E-state index in [1.165, 1.54) is 5.56 Å². The highest BCUT2D eigenvalue weighted by Gasteiger charge is 2.07. The molecule has 0 bridgehead atoms. The molecule has 0 fully saturated rings. The molecule has 0 saturated carbocycles. The molecule has 0 saturated heterocycles. The maximum absolute atomic E-state index is 11.7. The number of hydrogen-bond donors (Lipinski definition) is 1. The zero-order valence-corrected chi connectivity index (χ0v) is 11.4. The Bertz CT molecular complexity index is 352. The van der Waals surface area contributed by atoms with Crippen LogP contribution in [0.1, 0.15) is 24.5 Å². The third-order valence-electron chi connectivity index (χ3n) is 2.40. The average Bonchev–Trinajstić information content (AvgIpc) is 2.17. The van der Waals surface area contributed by atoms with Crippen LogP contribution < -0.4 is 5.32 Å². The first kappa shape index (κ1) is 13.2. The summed E-state index contributed by atoms with van der Waals surface area (Å²) in [6, 6.07) is 8.29. The largest absolute Gasteiger partial charge is 0.353 e. The fourth-order valence-corrected chi connectivity index (χ4v) is 2.26. The maximum Gasteiger partial charge on any atom is 0.224 e. The van der Waals surface area contributed by atoms with Gasteiger partial charge in [0.05, 0.1) is 6.42 Å². The van der Waals surface area contributed by atoms with Gasteiger partial charge in [-0.2, -0.15) is 0 Å². The van der Waals surface area contributed by atoms with Gasteiger partial charge in [-0.05, 0) is 25.8 Å². The van der Waals surface area contributed by atoms with E-state index in [2.05, 4.69) is 27.3 Å². The van der Waals surface area contributed by atoms with Gasteiger partial charge in [0.15, 0.2) is 0 Å². The smallest absolute Gasteiger partial charge is 0.224 e. The molecule has 0 radical (unpaired) electrons. The maximum atomic E-state index is 11.7. The molecule has 1 unspecified atom stereocenters. The van der Waals surface area contributed by atoms with Crippen molar-refractivity contribution in [3.05, 3.63) is 35.4 Å². The normalized spacial score (nSPS) is 12.2. The summed E-state index contributed by atoms with van der Waals surface area (Å²) in [5, 5.41) is 3.90. The lowest BCUT2D eigenvalue weighted by molar-refractivity contribution is -0.121. The minimum absolute atomic E-state index is 0.0963. The second-order valence-electron chi connectivity index (χ2n) is 4.11. The third kappa shape index (κ3) is 4.79. The van der Waals surface area contributed by atoms with Crippen molar-refractivity contribution in [3.63, 3.8) is 0 Å². The van der Waals surface area contributed by atoms with Gasteiger partial charge in [0.1, 0.15) is 0 Å². The molecule has 0 aromatic heterocycles. The van der Waals surface area contributed by atoms with Crippen molar-refractivity contribution < 1.29 is 4.79 Å². The first-order valence-electron chi connectivity index (χ1n) is 5.52. The number of halogens is 1. The number of hydrogen-bond acceptors (Lipinski definition) is 1. The van der Waals surface area contributed by atoms with Crippen molar-refractivity contribution in [2.45, 2.75) is 32.7 Å². The Hall–Kier alpha value is -0.830. The van der Waals surface area contributed by atoms with Crippen LogP contribution in [0.25, 0.3) is 0 Å². The van der Waals surface area contributed by atoms with Crippen LogP contribution in [-0.4, -0.2) is 17.3 Å². The topological polar surface area (TPSA) is 29.1 Å². The van der Waals surface area contributed by atoms with Crippen LogP contribution in [-0.2, 0) is 11.2 Å². The second-order valence-corrected chi connectivity index (χ2v) is 4.91. The van der Waals surface area contributed by atoms with Crippen molar-refractivity contribution >= 4 is 21.8 Å². The summed E-state index contributed by atoms with van der Waals surface area (Å²) in [5.41, 5.74) is 2.27. The molecule has 1 N–H and O–H groups in total. The Morgan fingerprint density at radius 2 is 2.25 bits per heavy atom. The van der Waals surface area contributed by atoms with Gasteiger partial charge in [-0.15, -0.1) is 0 Å². The molecule has 1 atom stereocenters. The summed E-state index contributed by atoms with van der Waals surface area (Å²) in [6.45, 7) is 4.06. The molecule has 0 heterocycles. The van der Waals surface area contributed by atoms with E-state index in [1.54, 1.807) is 0 Å². The molecule has 16 heavy (non-hydrogen) atoms. The predicted molar refractivity (Wildman–Crippen MR) is 70.9 cm³/mol. The van der Waals surface area contributed by atoms with Crippen molar-refractivity contribution in [3.8, 4) is 0 Å². The summed E-state index contributed by atoms with van der Waals surface area (Å²) >= 11 is 3.36. The lowest BCUT2D eigenvalue weighted by atomic mass is 10.1. The highest BCUT2D eigenvalue weighted by Crippen LogP contribution is 2.05. The quantitative estimate of drug-likeness (QED) is 0.828. The zero-order valence-electron chi connectivity index (χ0n) is 9.79. The second kappa shape index (κ2) is 6.69.